The second-order valence-corrected chi connectivity index (χ2v) is 9.56. The van der Waals surface area contributed by atoms with Crippen molar-refractivity contribution in [2.24, 2.45) is 0 Å². The summed E-state index contributed by atoms with van der Waals surface area (Å²) < 4.78 is 15.6. The Morgan fingerprint density at radius 2 is 1.79 bits per heavy atom. The minimum Gasteiger partial charge on any atom is -0.508 e. The molecule has 1 heterocycles. The van der Waals surface area contributed by atoms with Gasteiger partial charge in [-0.1, -0.05) is 65.0 Å². The maximum Gasteiger partial charge on any atom is 0.158 e. The molecule has 0 saturated carbocycles. The highest BCUT2D eigenvalue weighted by atomic mass is 79.9. The molecule has 0 radical (unpaired) electrons. The summed E-state index contributed by atoms with van der Waals surface area (Å²) in [6, 6.07) is 10.4. The fourth-order valence-corrected chi connectivity index (χ4v) is 5.20. The Kier molecular flexibility index (Phi) is 7.26. The molecule has 1 aliphatic heterocycles. The van der Waals surface area contributed by atoms with Gasteiger partial charge in [-0.15, -0.1) is 12.6 Å². The third-order valence-electron chi connectivity index (χ3n) is 6.11. The molecule has 34 heavy (non-hydrogen) atoms. The van der Waals surface area contributed by atoms with E-state index >= 15 is 4.39 Å². The molecule has 0 bridgehead atoms. The zero-order chi connectivity index (χ0) is 24.6. The van der Waals surface area contributed by atoms with E-state index < -0.39 is 5.83 Å². The summed E-state index contributed by atoms with van der Waals surface area (Å²) in [4.78, 5) is 4.17. The third kappa shape index (κ3) is 4.57. The van der Waals surface area contributed by atoms with Crippen LogP contribution in [0.4, 0.5) is 4.39 Å². The first-order valence-corrected chi connectivity index (χ1v) is 12.6. The van der Waals surface area contributed by atoms with E-state index in [4.69, 9.17) is 17.0 Å². The van der Waals surface area contributed by atoms with E-state index in [0.717, 1.165) is 22.0 Å². The molecule has 8 heteroatoms. The van der Waals surface area contributed by atoms with Crippen molar-refractivity contribution in [1.82, 2.24) is 9.80 Å². The lowest BCUT2D eigenvalue weighted by Gasteiger charge is -2.39. The van der Waals surface area contributed by atoms with E-state index in [-0.39, 0.29) is 22.1 Å². The van der Waals surface area contributed by atoms with Crippen LogP contribution in [-0.2, 0) is 0 Å². The van der Waals surface area contributed by atoms with Gasteiger partial charge in [0.25, 0.3) is 0 Å². The van der Waals surface area contributed by atoms with Gasteiger partial charge in [0, 0.05) is 48.4 Å². The van der Waals surface area contributed by atoms with E-state index in [1.54, 1.807) is 12.1 Å². The lowest BCUT2D eigenvalue weighted by molar-refractivity contribution is 0.204. The van der Waals surface area contributed by atoms with Gasteiger partial charge in [0.05, 0.1) is 10.1 Å². The molecule has 0 atom stereocenters. The molecule has 2 aromatic rings. The van der Waals surface area contributed by atoms with Crippen LogP contribution >= 0.6 is 40.2 Å². The summed E-state index contributed by atoms with van der Waals surface area (Å²) in [6.45, 7) is 10.9. The summed E-state index contributed by atoms with van der Waals surface area (Å²) in [7, 11) is 0. The van der Waals surface area contributed by atoms with Gasteiger partial charge < -0.3 is 14.9 Å². The Balaban J connectivity index is 1.65. The Morgan fingerprint density at radius 1 is 1.15 bits per heavy atom. The van der Waals surface area contributed by atoms with Crippen molar-refractivity contribution in [2.75, 3.05) is 31.5 Å². The molecule has 0 amide bonds. The first-order valence-electron chi connectivity index (χ1n) is 10.7. The molecule has 1 fully saturated rings. The van der Waals surface area contributed by atoms with Crippen LogP contribution in [0.3, 0.4) is 0 Å². The largest absolute Gasteiger partial charge is 0.508 e. The van der Waals surface area contributed by atoms with Crippen LogP contribution in [0.1, 0.15) is 5.56 Å². The first-order chi connectivity index (χ1) is 16.2. The lowest BCUT2D eigenvalue weighted by Crippen LogP contribution is -2.45. The van der Waals surface area contributed by atoms with E-state index in [2.05, 4.69) is 46.6 Å². The maximum absolute atomic E-state index is 15.6. The van der Waals surface area contributed by atoms with Crippen molar-refractivity contribution in [3.05, 3.63) is 93.9 Å². The summed E-state index contributed by atoms with van der Waals surface area (Å²) in [6.07, 6.45) is 1.58. The number of thiol groups is 1. The smallest absolute Gasteiger partial charge is 0.158 e. The molecular formula is C26H24BrClFN3OS. The molecule has 2 aromatic carbocycles. The topological polar surface area (TPSA) is 50.6 Å². The summed E-state index contributed by atoms with van der Waals surface area (Å²) in [5.74, 6) is -0.742. The fraction of sp³-hybridized carbons (Fsp3) is 0.192. The summed E-state index contributed by atoms with van der Waals surface area (Å²) in [5.41, 5.74) is 2.42. The molecule has 0 aromatic heterocycles. The fourth-order valence-electron chi connectivity index (χ4n) is 4.20. The number of allylic oxidation sites excluding steroid dienone is 6. The van der Waals surface area contributed by atoms with Crippen molar-refractivity contribution in [3.63, 3.8) is 0 Å². The maximum atomic E-state index is 15.6. The van der Waals surface area contributed by atoms with Crippen LogP contribution in [0.15, 0.2) is 88.4 Å². The molecule has 0 unspecified atom stereocenters. The standard InChI is InChI=1S/C26H24BrClFN3OS/c1-15(14-27)16(2)31-7-9-32(10-8-31)26(34)21-13-22(28)23(24(29)25(21)30)20-12-18(33)11-17-5-3-4-6-19(17)20/h3-6,11-13,30,33-34H,1-2,7-10,14H2/b26-21-,30-25?. The van der Waals surface area contributed by atoms with Gasteiger partial charge in [0.1, 0.15) is 11.5 Å². The van der Waals surface area contributed by atoms with Gasteiger partial charge in [0.2, 0.25) is 0 Å². The van der Waals surface area contributed by atoms with E-state index in [0.29, 0.717) is 47.7 Å². The zero-order valence-electron chi connectivity index (χ0n) is 18.4. The number of rotatable bonds is 5. The number of hydrogen-bond donors (Lipinski definition) is 3. The van der Waals surface area contributed by atoms with Gasteiger partial charge in [-0.2, -0.15) is 0 Å². The number of benzene rings is 2. The van der Waals surface area contributed by atoms with E-state index in [1.165, 1.54) is 6.07 Å². The number of phenols is 1. The SMILES string of the molecule is C=C(CBr)C(=C)N1CCN(/C(S)=C2\C=C(Cl)C(c3cc(O)cc4ccccc34)=C(F)C2=N)CC1. The minimum absolute atomic E-state index is 0.00303. The van der Waals surface area contributed by atoms with Crippen molar-refractivity contribution < 1.29 is 9.50 Å². The van der Waals surface area contributed by atoms with E-state index in [9.17, 15) is 5.11 Å². The van der Waals surface area contributed by atoms with Crippen molar-refractivity contribution in [3.8, 4) is 5.75 Å². The number of phenolic OH excluding ortho intramolecular Hbond substituents is 1. The Bertz CT molecular complexity index is 1310. The normalized spacial score (nSPS) is 18.4. The quantitative estimate of drug-likeness (QED) is 0.219. The Morgan fingerprint density at radius 3 is 2.47 bits per heavy atom. The highest BCUT2D eigenvalue weighted by Gasteiger charge is 2.29. The average molecular weight is 561 g/mol. The van der Waals surface area contributed by atoms with Crippen molar-refractivity contribution >= 4 is 62.2 Å². The molecule has 0 spiro atoms. The number of aromatic hydroxyl groups is 1. The highest BCUT2D eigenvalue weighted by Crippen LogP contribution is 2.42. The van der Waals surface area contributed by atoms with Crippen LogP contribution in [0, 0.1) is 5.41 Å². The van der Waals surface area contributed by atoms with Crippen LogP contribution in [0.25, 0.3) is 16.3 Å². The highest BCUT2D eigenvalue weighted by molar-refractivity contribution is 9.09. The average Bonchev–Trinajstić information content (AvgIpc) is 2.84. The number of halogens is 3. The molecular weight excluding hydrogens is 537 g/mol. The molecule has 4 nitrogen and oxygen atoms in total. The summed E-state index contributed by atoms with van der Waals surface area (Å²) in [5, 5.41) is 21.6. The zero-order valence-corrected chi connectivity index (χ0v) is 21.7. The number of hydrogen-bond acceptors (Lipinski definition) is 5. The van der Waals surface area contributed by atoms with Gasteiger partial charge in [-0.05, 0) is 40.1 Å². The van der Waals surface area contributed by atoms with Gasteiger partial charge in [0.15, 0.2) is 5.83 Å². The van der Waals surface area contributed by atoms with Crippen molar-refractivity contribution in [1.29, 1.82) is 5.41 Å². The summed E-state index contributed by atoms with van der Waals surface area (Å²) >= 11 is 14.7. The first kappa shape index (κ1) is 24.6. The van der Waals surface area contributed by atoms with Crippen molar-refractivity contribution in [2.45, 2.75) is 0 Å². The van der Waals surface area contributed by atoms with E-state index in [1.807, 2.05) is 29.2 Å². The molecule has 4 rings (SSSR count). The molecule has 1 saturated heterocycles. The van der Waals surface area contributed by atoms with Crippen LogP contribution in [0.2, 0.25) is 0 Å². The van der Waals surface area contributed by atoms with Crippen LogP contribution in [-0.4, -0.2) is 52.1 Å². The van der Waals surface area contributed by atoms with Gasteiger partial charge in [-0.3, -0.25) is 5.41 Å². The Hall–Kier alpha value is -2.48. The van der Waals surface area contributed by atoms with Crippen LogP contribution in [0.5, 0.6) is 5.75 Å². The number of nitrogens with zero attached hydrogens (tertiary/aromatic N) is 2. The molecule has 2 aliphatic rings. The number of piperazine rings is 1. The predicted molar refractivity (Wildman–Crippen MR) is 147 cm³/mol. The van der Waals surface area contributed by atoms with Gasteiger partial charge in [-0.25, -0.2) is 4.39 Å². The second kappa shape index (κ2) is 10.0. The van der Waals surface area contributed by atoms with Gasteiger partial charge >= 0.3 is 0 Å². The monoisotopic (exact) mass is 559 g/mol. The minimum atomic E-state index is -0.745. The lowest BCUT2D eigenvalue weighted by atomic mass is 9.91. The van der Waals surface area contributed by atoms with Crippen LogP contribution < -0.4 is 0 Å². The number of fused-ring (bicyclic) bond motifs is 1. The predicted octanol–water partition coefficient (Wildman–Crippen LogP) is 6.61. The molecule has 1 aliphatic carbocycles. The Labute approximate surface area is 217 Å². The number of nitrogens with one attached hydrogen (secondary N) is 1. The third-order valence-corrected chi connectivity index (χ3v) is 7.60. The molecule has 176 valence electrons. The molecule has 2 N–H and O–H groups in total. The number of alkyl halides is 1. The second-order valence-electron chi connectivity index (χ2n) is 8.17.